The molecular formula is C15H19NOS. The summed E-state index contributed by atoms with van der Waals surface area (Å²) in [5.74, 6) is 2.52. The van der Waals surface area contributed by atoms with Crippen LogP contribution in [-0.4, -0.2) is 17.2 Å². The summed E-state index contributed by atoms with van der Waals surface area (Å²) in [5, 5.41) is 2.60. The number of rotatable bonds is 6. The van der Waals surface area contributed by atoms with E-state index in [1.165, 1.54) is 0 Å². The number of nitrogens with one attached hydrogen (secondary N) is 1. The second-order valence-corrected chi connectivity index (χ2v) is 4.85. The summed E-state index contributed by atoms with van der Waals surface area (Å²) >= 11 is 4.35. The third kappa shape index (κ3) is 4.85. The van der Waals surface area contributed by atoms with Crippen molar-refractivity contribution in [3.63, 3.8) is 0 Å². The first-order valence-corrected chi connectivity index (χ1v) is 6.64. The number of hydrogen-bond donors (Lipinski definition) is 2. The van der Waals surface area contributed by atoms with E-state index in [1.807, 2.05) is 37.3 Å². The molecule has 2 atom stereocenters. The van der Waals surface area contributed by atoms with Crippen LogP contribution < -0.4 is 5.32 Å². The molecule has 1 N–H and O–H groups in total. The topological polar surface area (TPSA) is 29.1 Å². The highest BCUT2D eigenvalue weighted by Gasteiger charge is 2.17. The van der Waals surface area contributed by atoms with E-state index in [9.17, 15) is 4.79 Å². The summed E-state index contributed by atoms with van der Waals surface area (Å²) in [6.45, 7) is 2.01. The molecule has 0 saturated carbocycles. The van der Waals surface area contributed by atoms with Crippen molar-refractivity contribution < 1.29 is 4.79 Å². The summed E-state index contributed by atoms with van der Waals surface area (Å²) < 4.78 is 0. The summed E-state index contributed by atoms with van der Waals surface area (Å²) in [4.78, 5) is 11.9. The molecule has 96 valence electrons. The lowest BCUT2D eigenvalue weighted by atomic mass is 10.1. The van der Waals surface area contributed by atoms with Crippen molar-refractivity contribution in [3.8, 4) is 12.3 Å². The minimum Gasteiger partial charge on any atom is -0.351 e. The maximum atomic E-state index is 11.9. The molecule has 0 aliphatic heterocycles. The molecule has 2 unspecified atom stereocenters. The third-order valence-corrected chi connectivity index (χ3v) is 3.20. The fourth-order valence-corrected chi connectivity index (χ4v) is 1.95. The van der Waals surface area contributed by atoms with Gasteiger partial charge in [0.15, 0.2) is 0 Å². The maximum absolute atomic E-state index is 11.9. The van der Waals surface area contributed by atoms with E-state index in [2.05, 4.69) is 23.9 Å². The Bertz CT molecular complexity index is 410. The molecule has 0 fully saturated rings. The molecule has 18 heavy (non-hydrogen) atoms. The molecule has 0 aliphatic rings. The monoisotopic (exact) mass is 261 g/mol. The van der Waals surface area contributed by atoms with E-state index in [0.717, 1.165) is 12.0 Å². The van der Waals surface area contributed by atoms with Gasteiger partial charge >= 0.3 is 0 Å². The van der Waals surface area contributed by atoms with Gasteiger partial charge in [-0.3, -0.25) is 4.79 Å². The molecule has 1 rings (SSSR count). The maximum Gasteiger partial charge on any atom is 0.233 e. The first-order valence-electron chi connectivity index (χ1n) is 6.13. The first-order chi connectivity index (χ1) is 8.67. The molecule has 0 saturated heterocycles. The zero-order valence-electron chi connectivity index (χ0n) is 10.6. The van der Waals surface area contributed by atoms with E-state index in [0.29, 0.717) is 12.8 Å². The fourth-order valence-electron chi connectivity index (χ4n) is 1.67. The smallest absolute Gasteiger partial charge is 0.233 e. The van der Waals surface area contributed by atoms with Gasteiger partial charge < -0.3 is 5.32 Å². The van der Waals surface area contributed by atoms with Crippen LogP contribution in [0.15, 0.2) is 30.3 Å². The molecular weight excluding hydrogens is 242 g/mol. The highest BCUT2D eigenvalue weighted by molar-refractivity contribution is 7.81. The Morgan fingerprint density at radius 3 is 2.67 bits per heavy atom. The molecule has 1 aromatic rings. The molecule has 0 aromatic heterocycles. The molecule has 0 spiro atoms. The molecule has 2 nitrogen and oxygen atoms in total. The number of terminal acetylenes is 1. The van der Waals surface area contributed by atoms with Crippen molar-refractivity contribution in [1.82, 2.24) is 5.32 Å². The number of amides is 1. The second kappa shape index (κ2) is 7.84. The molecule has 1 amide bonds. The van der Waals surface area contributed by atoms with Crippen LogP contribution in [0.4, 0.5) is 0 Å². The number of carbonyl (C=O) groups excluding carboxylic acids is 1. The predicted molar refractivity (Wildman–Crippen MR) is 78.6 cm³/mol. The van der Waals surface area contributed by atoms with Crippen LogP contribution in [-0.2, 0) is 11.2 Å². The Morgan fingerprint density at radius 2 is 2.11 bits per heavy atom. The van der Waals surface area contributed by atoms with Gasteiger partial charge in [0, 0.05) is 12.5 Å². The van der Waals surface area contributed by atoms with Gasteiger partial charge in [0.05, 0.1) is 5.25 Å². The summed E-state index contributed by atoms with van der Waals surface area (Å²) in [5.41, 5.74) is 1.11. The first kappa shape index (κ1) is 14.7. The molecule has 1 aromatic carbocycles. The van der Waals surface area contributed by atoms with Gasteiger partial charge in [-0.25, -0.2) is 0 Å². The fraction of sp³-hybridized carbons (Fsp3) is 0.400. The number of hydrogen-bond acceptors (Lipinski definition) is 2. The largest absolute Gasteiger partial charge is 0.351 e. The minimum atomic E-state index is -0.334. The van der Waals surface area contributed by atoms with Crippen LogP contribution in [0.1, 0.15) is 25.3 Å². The average molecular weight is 261 g/mol. The number of carbonyl (C=O) groups is 1. The van der Waals surface area contributed by atoms with Gasteiger partial charge in [0.1, 0.15) is 0 Å². The van der Waals surface area contributed by atoms with E-state index < -0.39 is 0 Å². The zero-order chi connectivity index (χ0) is 13.4. The number of benzene rings is 1. The Labute approximate surface area is 115 Å². The standard InChI is InChI=1S/C15H19NOS/c1-3-8-13(4-2)16-15(17)14(18)11-12-9-6-5-7-10-12/h1,5-7,9-10,13-14,18H,4,8,11H2,2H3,(H,16,17). The van der Waals surface area contributed by atoms with Crippen LogP contribution in [0.25, 0.3) is 0 Å². The lowest BCUT2D eigenvalue weighted by molar-refractivity contribution is -0.121. The van der Waals surface area contributed by atoms with Crippen molar-refractivity contribution in [1.29, 1.82) is 0 Å². The van der Waals surface area contributed by atoms with Gasteiger partial charge in [-0.05, 0) is 18.4 Å². The lowest BCUT2D eigenvalue weighted by Gasteiger charge is -2.17. The van der Waals surface area contributed by atoms with Gasteiger partial charge in [0.25, 0.3) is 0 Å². The Hall–Kier alpha value is -1.40. The molecule has 3 heteroatoms. The average Bonchev–Trinajstić information content (AvgIpc) is 2.39. The second-order valence-electron chi connectivity index (χ2n) is 4.23. The SMILES string of the molecule is C#CCC(CC)NC(=O)C(S)Cc1ccccc1. The van der Waals surface area contributed by atoms with Crippen LogP contribution in [0.3, 0.4) is 0 Å². The van der Waals surface area contributed by atoms with E-state index in [-0.39, 0.29) is 17.2 Å². The lowest BCUT2D eigenvalue weighted by Crippen LogP contribution is -2.39. The summed E-state index contributed by atoms with van der Waals surface area (Å²) in [7, 11) is 0. The van der Waals surface area contributed by atoms with Crippen molar-refractivity contribution in [2.75, 3.05) is 0 Å². The van der Waals surface area contributed by atoms with E-state index in [4.69, 9.17) is 6.42 Å². The molecule has 0 heterocycles. The van der Waals surface area contributed by atoms with Crippen LogP contribution in [0.5, 0.6) is 0 Å². The van der Waals surface area contributed by atoms with Gasteiger partial charge in [-0.1, -0.05) is 37.3 Å². The molecule has 0 aliphatic carbocycles. The Balaban J connectivity index is 2.49. The van der Waals surface area contributed by atoms with Gasteiger partial charge in [0.2, 0.25) is 5.91 Å². The normalized spacial score (nSPS) is 13.4. The Morgan fingerprint density at radius 1 is 1.44 bits per heavy atom. The van der Waals surface area contributed by atoms with Crippen molar-refractivity contribution in [2.45, 2.75) is 37.5 Å². The molecule has 0 bridgehead atoms. The Kier molecular flexibility index (Phi) is 6.38. The van der Waals surface area contributed by atoms with Crippen LogP contribution in [0.2, 0.25) is 0 Å². The van der Waals surface area contributed by atoms with E-state index in [1.54, 1.807) is 0 Å². The summed E-state index contributed by atoms with van der Waals surface area (Å²) in [6.07, 6.45) is 7.29. The predicted octanol–water partition coefficient (Wildman–Crippen LogP) is 2.45. The number of thiol groups is 1. The summed E-state index contributed by atoms with van der Waals surface area (Å²) in [6, 6.07) is 9.91. The van der Waals surface area contributed by atoms with Gasteiger partial charge in [-0.15, -0.1) is 12.3 Å². The highest BCUT2D eigenvalue weighted by Crippen LogP contribution is 2.09. The van der Waals surface area contributed by atoms with Crippen LogP contribution in [0, 0.1) is 12.3 Å². The van der Waals surface area contributed by atoms with Gasteiger partial charge in [-0.2, -0.15) is 12.6 Å². The van der Waals surface area contributed by atoms with Crippen molar-refractivity contribution >= 4 is 18.5 Å². The highest BCUT2D eigenvalue weighted by atomic mass is 32.1. The quantitative estimate of drug-likeness (QED) is 0.598. The third-order valence-electron chi connectivity index (χ3n) is 2.78. The van der Waals surface area contributed by atoms with Crippen molar-refractivity contribution in [2.24, 2.45) is 0 Å². The minimum absolute atomic E-state index is 0.0490. The van der Waals surface area contributed by atoms with Crippen molar-refractivity contribution in [3.05, 3.63) is 35.9 Å². The molecule has 0 radical (unpaired) electrons. The van der Waals surface area contributed by atoms with E-state index >= 15 is 0 Å². The van der Waals surface area contributed by atoms with Crippen LogP contribution >= 0.6 is 12.6 Å². The zero-order valence-corrected chi connectivity index (χ0v) is 11.5.